The van der Waals surface area contributed by atoms with Crippen LogP contribution in [0, 0.1) is 6.92 Å². The number of carbonyl (C=O) groups is 1. The van der Waals surface area contributed by atoms with E-state index in [1.54, 1.807) is 28.1 Å². The average Bonchev–Trinajstić information content (AvgIpc) is 3.15. The van der Waals surface area contributed by atoms with Crippen molar-refractivity contribution in [1.29, 1.82) is 0 Å². The van der Waals surface area contributed by atoms with E-state index in [0.29, 0.717) is 41.9 Å². The SMILES string of the molecule is CCOC(=O)CCc1c(C)nc2nc(NCc3ccc(OC)c(OC)c3)[nH]n2c1=O. The van der Waals surface area contributed by atoms with E-state index < -0.39 is 0 Å². The van der Waals surface area contributed by atoms with Gasteiger partial charge in [0.1, 0.15) is 0 Å². The third-order valence-corrected chi connectivity index (χ3v) is 4.59. The molecule has 0 aliphatic heterocycles. The molecule has 0 unspecified atom stereocenters. The van der Waals surface area contributed by atoms with Gasteiger partial charge in [0.15, 0.2) is 11.5 Å². The molecule has 160 valence electrons. The number of H-pyrrole nitrogens is 1. The lowest BCUT2D eigenvalue weighted by Gasteiger charge is -2.09. The average molecular weight is 415 g/mol. The summed E-state index contributed by atoms with van der Waals surface area (Å²) in [6.07, 6.45) is 0.378. The van der Waals surface area contributed by atoms with Crippen LogP contribution in [0.15, 0.2) is 23.0 Å². The third kappa shape index (κ3) is 4.53. The maximum atomic E-state index is 12.8. The quantitative estimate of drug-likeness (QED) is 0.508. The molecule has 1 aromatic carbocycles. The number of ether oxygens (including phenoxy) is 3. The molecule has 10 heteroatoms. The van der Waals surface area contributed by atoms with E-state index in [4.69, 9.17) is 14.2 Å². The molecule has 0 saturated carbocycles. The van der Waals surface area contributed by atoms with Gasteiger partial charge in [-0.05, 0) is 38.0 Å². The zero-order valence-corrected chi connectivity index (χ0v) is 17.4. The molecule has 0 aliphatic rings. The fourth-order valence-corrected chi connectivity index (χ4v) is 3.06. The van der Waals surface area contributed by atoms with Crippen molar-refractivity contribution in [1.82, 2.24) is 19.6 Å². The smallest absolute Gasteiger partial charge is 0.306 e. The van der Waals surface area contributed by atoms with Crippen molar-refractivity contribution in [2.45, 2.75) is 33.2 Å². The van der Waals surface area contributed by atoms with Crippen LogP contribution >= 0.6 is 0 Å². The van der Waals surface area contributed by atoms with Crippen LogP contribution in [0.3, 0.4) is 0 Å². The Bertz CT molecular complexity index is 1100. The van der Waals surface area contributed by atoms with E-state index >= 15 is 0 Å². The number of aromatic amines is 1. The van der Waals surface area contributed by atoms with Crippen LogP contribution < -0.4 is 20.3 Å². The summed E-state index contributed by atoms with van der Waals surface area (Å²) in [6.45, 7) is 4.23. The number of carbonyl (C=O) groups excluding carboxylic acids is 1. The molecule has 0 radical (unpaired) electrons. The molecule has 2 aromatic heterocycles. The number of anilines is 1. The summed E-state index contributed by atoms with van der Waals surface area (Å²) in [5.41, 5.74) is 1.66. The predicted molar refractivity (Wildman–Crippen MR) is 110 cm³/mol. The monoisotopic (exact) mass is 415 g/mol. The van der Waals surface area contributed by atoms with Crippen molar-refractivity contribution in [2.24, 2.45) is 0 Å². The van der Waals surface area contributed by atoms with Gasteiger partial charge >= 0.3 is 5.97 Å². The highest BCUT2D eigenvalue weighted by Gasteiger charge is 2.15. The molecule has 0 amide bonds. The van der Waals surface area contributed by atoms with Gasteiger partial charge in [-0.25, -0.2) is 4.98 Å². The van der Waals surface area contributed by atoms with Crippen molar-refractivity contribution < 1.29 is 19.0 Å². The first-order valence-electron chi connectivity index (χ1n) is 9.55. The van der Waals surface area contributed by atoms with E-state index in [9.17, 15) is 9.59 Å². The highest BCUT2D eigenvalue weighted by molar-refractivity contribution is 5.69. The Hall–Kier alpha value is -3.56. The van der Waals surface area contributed by atoms with Crippen molar-refractivity contribution >= 4 is 17.7 Å². The fourth-order valence-electron chi connectivity index (χ4n) is 3.06. The second kappa shape index (κ2) is 9.29. The van der Waals surface area contributed by atoms with Gasteiger partial charge in [0.05, 0.1) is 26.5 Å². The Morgan fingerprint density at radius 2 is 1.97 bits per heavy atom. The van der Waals surface area contributed by atoms with Gasteiger partial charge in [-0.3, -0.25) is 14.7 Å². The molecule has 3 aromatic rings. The lowest BCUT2D eigenvalue weighted by Crippen LogP contribution is -2.23. The number of nitrogens with one attached hydrogen (secondary N) is 2. The first-order valence-corrected chi connectivity index (χ1v) is 9.55. The number of esters is 1. The molecule has 2 N–H and O–H groups in total. The molecule has 0 bridgehead atoms. The Labute approximate surface area is 173 Å². The van der Waals surface area contributed by atoms with E-state index in [-0.39, 0.29) is 30.1 Å². The maximum Gasteiger partial charge on any atom is 0.306 e. The second-order valence-electron chi connectivity index (χ2n) is 6.54. The number of aryl methyl sites for hydroxylation is 1. The lowest BCUT2D eigenvalue weighted by atomic mass is 10.1. The van der Waals surface area contributed by atoms with E-state index in [0.717, 1.165) is 5.56 Å². The number of hydrogen-bond acceptors (Lipinski definition) is 8. The van der Waals surface area contributed by atoms with Crippen molar-refractivity contribution in [3.05, 3.63) is 45.4 Å². The van der Waals surface area contributed by atoms with Gasteiger partial charge in [-0.2, -0.15) is 9.50 Å². The summed E-state index contributed by atoms with van der Waals surface area (Å²) in [6, 6.07) is 5.58. The molecule has 30 heavy (non-hydrogen) atoms. The summed E-state index contributed by atoms with van der Waals surface area (Å²) in [7, 11) is 3.16. The van der Waals surface area contributed by atoms with E-state index in [1.165, 1.54) is 4.52 Å². The Balaban J connectivity index is 1.77. The van der Waals surface area contributed by atoms with Crippen LogP contribution in [0.5, 0.6) is 11.5 Å². The van der Waals surface area contributed by atoms with E-state index in [2.05, 4.69) is 20.4 Å². The first kappa shape index (κ1) is 21.2. The molecule has 0 saturated heterocycles. The normalized spacial score (nSPS) is 10.8. The Morgan fingerprint density at radius 3 is 2.67 bits per heavy atom. The summed E-state index contributed by atoms with van der Waals surface area (Å²) < 4.78 is 16.7. The number of aromatic nitrogens is 4. The van der Waals surface area contributed by atoms with Gasteiger partial charge in [0.2, 0.25) is 5.95 Å². The van der Waals surface area contributed by atoms with Crippen molar-refractivity contribution in [3.63, 3.8) is 0 Å². The molecular weight excluding hydrogens is 390 g/mol. The number of nitrogens with zero attached hydrogens (tertiary/aromatic N) is 3. The third-order valence-electron chi connectivity index (χ3n) is 4.59. The van der Waals surface area contributed by atoms with Crippen molar-refractivity contribution in [3.8, 4) is 11.5 Å². The minimum Gasteiger partial charge on any atom is -0.493 e. The topological polar surface area (TPSA) is 120 Å². The summed E-state index contributed by atoms with van der Waals surface area (Å²) in [4.78, 5) is 33.1. The molecule has 0 fully saturated rings. The van der Waals surface area contributed by atoms with Crippen LogP contribution in [0.2, 0.25) is 0 Å². The van der Waals surface area contributed by atoms with Gasteiger partial charge in [-0.15, -0.1) is 0 Å². The predicted octanol–water partition coefficient (Wildman–Crippen LogP) is 1.85. The zero-order valence-electron chi connectivity index (χ0n) is 17.4. The van der Waals surface area contributed by atoms with Gasteiger partial charge < -0.3 is 19.5 Å². The second-order valence-corrected chi connectivity index (χ2v) is 6.54. The fraction of sp³-hybridized carbons (Fsp3) is 0.400. The van der Waals surface area contributed by atoms with Crippen LogP contribution in [0.25, 0.3) is 5.78 Å². The van der Waals surface area contributed by atoms with Crippen LogP contribution in [-0.4, -0.2) is 46.4 Å². The van der Waals surface area contributed by atoms with Gasteiger partial charge in [-0.1, -0.05) is 6.07 Å². The van der Waals surface area contributed by atoms with Crippen LogP contribution in [-0.2, 0) is 22.5 Å². The van der Waals surface area contributed by atoms with Crippen molar-refractivity contribution in [2.75, 3.05) is 26.1 Å². The Kier molecular flexibility index (Phi) is 6.55. The lowest BCUT2D eigenvalue weighted by molar-refractivity contribution is -0.143. The van der Waals surface area contributed by atoms with E-state index in [1.807, 2.05) is 18.2 Å². The molecule has 0 spiro atoms. The summed E-state index contributed by atoms with van der Waals surface area (Å²) in [5, 5.41) is 6.05. The first-order chi connectivity index (χ1) is 14.5. The molecule has 10 nitrogen and oxygen atoms in total. The summed E-state index contributed by atoms with van der Waals surface area (Å²) in [5.74, 6) is 1.58. The molecule has 2 heterocycles. The number of hydrogen-bond donors (Lipinski definition) is 2. The van der Waals surface area contributed by atoms with Crippen LogP contribution in [0.4, 0.5) is 5.95 Å². The van der Waals surface area contributed by atoms with Gasteiger partial charge in [0.25, 0.3) is 11.3 Å². The van der Waals surface area contributed by atoms with Gasteiger partial charge in [0, 0.05) is 18.5 Å². The number of methoxy groups -OCH3 is 2. The minimum absolute atomic E-state index is 0.121. The highest BCUT2D eigenvalue weighted by Crippen LogP contribution is 2.27. The Morgan fingerprint density at radius 1 is 1.20 bits per heavy atom. The number of benzene rings is 1. The molecular formula is C20H25N5O5. The molecule has 0 atom stereocenters. The number of rotatable bonds is 9. The summed E-state index contributed by atoms with van der Waals surface area (Å²) >= 11 is 0. The molecule has 0 aliphatic carbocycles. The standard InChI is InChI=1S/C20H25N5O5/c1-5-30-17(26)9-7-14-12(2)22-20-23-19(24-25(20)18(14)27)21-11-13-6-8-15(28-3)16(10-13)29-4/h6,8,10H,5,7,9,11H2,1-4H3,(H2,21,22,23,24). The zero-order chi connectivity index (χ0) is 21.7. The maximum absolute atomic E-state index is 12.8. The molecule has 3 rings (SSSR count). The largest absolute Gasteiger partial charge is 0.493 e. The highest BCUT2D eigenvalue weighted by atomic mass is 16.5. The van der Waals surface area contributed by atoms with Crippen LogP contribution in [0.1, 0.15) is 30.2 Å². The number of fused-ring (bicyclic) bond motifs is 1. The minimum atomic E-state index is -0.344.